The molecule has 0 fully saturated rings. The number of nitrogens with one attached hydrogen (secondary N) is 1. The van der Waals surface area contributed by atoms with Gasteiger partial charge in [0.2, 0.25) is 8.32 Å². The van der Waals surface area contributed by atoms with E-state index in [2.05, 4.69) is 29.6 Å². The molecule has 1 N–H and O–H groups in total. The lowest BCUT2D eigenvalue weighted by atomic mass is 10.2. The minimum atomic E-state index is -1.87. The number of hydrogen-bond donors (Lipinski definition) is 1. The summed E-state index contributed by atoms with van der Waals surface area (Å²) in [6.45, 7) is 12.6. The fraction of sp³-hybridized carbons (Fsp3) is 0.692. The Labute approximate surface area is 124 Å². The van der Waals surface area contributed by atoms with Crippen molar-refractivity contribution >= 4 is 22.5 Å². The maximum atomic E-state index is 12.4. The van der Waals surface area contributed by atoms with Gasteiger partial charge in [-0.15, -0.1) is 0 Å². The molecule has 0 aliphatic rings. The van der Waals surface area contributed by atoms with Gasteiger partial charge in [0.15, 0.2) is 0 Å². The smallest absolute Gasteiger partial charge is 0.309 e. The predicted molar refractivity (Wildman–Crippen MR) is 86.6 cm³/mol. The van der Waals surface area contributed by atoms with Gasteiger partial charge in [0, 0.05) is 19.7 Å². The monoisotopic (exact) mass is 313 g/mol. The highest BCUT2D eigenvalue weighted by atomic mass is 28.4. The van der Waals surface area contributed by atoms with Crippen molar-refractivity contribution in [1.82, 2.24) is 14.5 Å². The Kier molecular flexibility index (Phi) is 5.34. The molecule has 1 heterocycles. The first-order valence-electron chi connectivity index (χ1n) is 6.94. The van der Waals surface area contributed by atoms with Crippen molar-refractivity contribution in [2.75, 3.05) is 0 Å². The number of hydrogen-bond acceptors (Lipinski definition) is 4. The zero-order valence-electron chi connectivity index (χ0n) is 13.7. The van der Waals surface area contributed by atoms with Crippen LogP contribution in [-0.2, 0) is 22.7 Å². The summed E-state index contributed by atoms with van der Waals surface area (Å²) in [6.07, 6.45) is 4.28. The highest BCUT2D eigenvalue weighted by Gasteiger charge is 2.30. The number of rotatable bonds is 6. The maximum Gasteiger partial charge on any atom is 0.309 e. The van der Waals surface area contributed by atoms with Crippen molar-refractivity contribution in [2.24, 2.45) is 7.05 Å². The van der Waals surface area contributed by atoms with Crippen LogP contribution in [0.1, 0.15) is 5.69 Å². The Morgan fingerprint density at radius 1 is 1.35 bits per heavy atom. The Balaban J connectivity index is 2.82. The van der Waals surface area contributed by atoms with E-state index in [4.69, 9.17) is 4.43 Å². The van der Waals surface area contributed by atoms with E-state index in [1.165, 1.54) is 0 Å². The molecule has 114 valence electrons. The van der Waals surface area contributed by atoms with E-state index in [9.17, 15) is 4.79 Å². The summed E-state index contributed by atoms with van der Waals surface area (Å²) < 4.78 is 7.54. The Hall–Kier alpha value is -0.926. The molecule has 0 bridgehead atoms. The van der Waals surface area contributed by atoms with Gasteiger partial charge in [-0.3, -0.25) is 4.79 Å². The average molecular weight is 314 g/mol. The quantitative estimate of drug-likeness (QED) is 0.818. The van der Waals surface area contributed by atoms with Gasteiger partial charge in [0.05, 0.1) is 12.0 Å². The van der Waals surface area contributed by atoms with Crippen LogP contribution in [0.2, 0.25) is 39.3 Å². The molecule has 1 atom stereocenters. The van der Waals surface area contributed by atoms with Gasteiger partial charge in [-0.1, -0.05) is 19.6 Å². The third-order valence-corrected chi connectivity index (χ3v) is 4.50. The van der Waals surface area contributed by atoms with Crippen LogP contribution in [0.4, 0.5) is 0 Å². The van der Waals surface area contributed by atoms with Crippen LogP contribution in [0.25, 0.3) is 0 Å². The molecule has 1 aromatic heterocycles. The molecule has 5 nitrogen and oxygen atoms in total. The first-order valence-corrected chi connectivity index (χ1v) is 13.8. The topological polar surface area (TPSA) is 56.2 Å². The first-order chi connectivity index (χ1) is 8.96. The summed E-state index contributed by atoms with van der Waals surface area (Å²) in [7, 11) is -1.52. The highest BCUT2D eigenvalue weighted by Crippen LogP contribution is 2.10. The molecule has 0 amide bonds. The molecule has 7 heteroatoms. The number of aromatic nitrogens is 2. The van der Waals surface area contributed by atoms with E-state index < -0.39 is 16.6 Å². The maximum absolute atomic E-state index is 12.4. The van der Waals surface area contributed by atoms with E-state index in [1.807, 2.05) is 37.5 Å². The second kappa shape index (κ2) is 6.23. The molecule has 0 saturated carbocycles. The summed E-state index contributed by atoms with van der Waals surface area (Å²) >= 11 is 0. The van der Waals surface area contributed by atoms with Gasteiger partial charge < -0.3 is 14.0 Å². The van der Waals surface area contributed by atoms with Gasteiger partial charge in [-0.05, 0) is 19.6 Å². The first kappa shape index (κ1) is 17.1. The third kappa shape index (κ3) is 6.49. The fourth-order valence-electron chi connectivity index (χ4n) is 1.87. The number of nitrogens with zero attached hydrogens (tertiary/aromatic N) is 2. The largest absolute Gasteiger partial charge is 0.519 e. The Morgan fingerprint density at radius 2 is 1.95 bits per heavy atom. The van der Waals surface area contributed by atoms with E-state index in [1.54, 1.807) is 6.33 Å². The van der Waals surface area contributed by atoms with Crippen LogP contribution in [0.15, 0.2) is 12.5 Å². The molecular weight excluding hydrogens is 286 g/mol. The van der Waals surface area contributed by atoms with Crippen LogP contribution in [0.5, 0.6) is 0 Å². The summed E-state index contributed by atoms with van der Waals surface area (Å²) in [6, 6.07) is -0.303. The Bertz CT molecular complexity index is 461. The van der Waals surface area contributed by atoms with Crippen molar-refractivity contribution in [3.63, 3.8) is 0 Å². The molecular formula is C13H27N3O2Si2. The normalized spacial score (nSPS) is 14.2. The van der Waals surface area contributed by atoms with E-state index in [-0.39, 0.29) is 12.0 Å². The Morgan fingerprint density at radius 3 is 2.35 bits per heavy atom. The molecule has 1 rings (SSSR count). The van der Waals surface area contributed by atoms with Gasteiger partial charge in [-0.2, -0.15) is 0 Å². The average Bonchev–Trinajstić information content (AvgIpc) is 2.58. The SMILES string of the molecule is Cn1cnc(CC(N[Si](C)(C)C)C(=O)O[Si](C)(C)C)c1. The lowest BCUT2D eigenvalue weighted by molar-refractivity contribution is -0.137. The number of imidazole rings is 1. The summed E-state index contributed by atoms with van der Waals surface area (Å²) in [4.78, 5) is 20.2. The summed E-state index contributed by atoms with van der Waals surface area (Å²) in [5.74, 6) is -0.141. The lowest BCUT2D eigenvalue weighted by Crippen LogP contribution is -2.54. The van der Waals surface area contributed by atoms with Gasteiger partial charge in [0.1, 0.15) is 14.3 Å². The van der Waals surface area contributed by atoms with Gasteiger partial charge in [-0.25, -0.2) is 4.98 Å². The van der Waals surface area contributed by atoms with Crippen LogP contribution >= 0.6 is 0 Å². The van der Waals surface area contributed by atoms with Crippen molar-refractivity contribution in [1.29, 1.82) is 0 Å². The predicted octanol–water partition coefficient (Wildman–Crippen LogP) is 2.13. The molecule has 1 aromatic rings. The molecule has 1 unspecified atom stereocenters. The van der Waals surface area contributed by atoms with E-state index in [0.717, 1.165) is 5.69 Å². The summed E-state index contributed by atoms with van der Waals surface area (Å²) in [5, 5.41) is 0. The molecule has 0 spiro atoms. The third-order valence-electron chi connectivity index (χ3n) is 2.47. The molecule has 20 heavy (non-hydrogen) atoms. The summed E-state index contributed by atoms with van der Waals surface area (Å²) in [5.41, 5.74) is 0.913. The number of carbonyl (C=O) groups excluding carboxylic acids is 1. The zero-order valence-corrected chi connectivity index (χ0v) is 15.7. The number of aryl methyl sites for hydroxylation is 1. The lowest BCUT2D eigenvalue weighted by Gasteiger charge is -2.28. The minimum absolute atomic E-state index is 0.141. The van der Waals surface area contributed by atoms with Crippen LogP contribution < -0.4 is 4.98 Å². The molecule has 0 aliphatic carbocycles. The molecule has 0 saturated heterocycles. The van der Waals surface area contributed by atoms with Crippen molar-refractivity contribution in [3.05, 3.63) is 18.2 Å². The van der Waals surface area contributed by atoms with Gasteiger partial charge >= 0.3 is 5.97 Å². The van der Waals surface area contributed by atoms with Crippen LogP contribution in [0, 0.1) is 0 Å². The number of carbonyl (C=O) groups is 1. The standard InChI is InChI=1S/C13H27N3O2Si2/c1-16-9-11(14-10-16)8-12(15-19(2,3)4)13(17)18-20(5,6)7/h9-10,12,15H,8H2,1-7H3. The van der Waals surface area contributed by atoms with E-state index >= 15 is 0 Å². The van der Waals surface area contributed by atoms with Crippen LogP contribution in [0.3, 0.4) is 0 Å². The van der Waals surface area contributed by atoms with Crippen LogP contribution in [-0.4, -0.2) is 38.1 Å². The van der Waals surface area contributed by atoms with Gasteiger partial charge in [0.25, 0.3) is 0 Å². The molecule has 0 aromatic carbocycles. The minimum Gasteiger partial charge on any atom is -0.519 e. The second-order valence-corrected chi connectivity index (χ2v) is 16.4. The highest BCUT2D eigenvalue weighted by molar-refractivity contribution is 6.74. The van der Waals surface area contributed by atoms with Crippen molar-refractivity contribution < 1.29 is 9.22 Å². The zero-order chi connectivity index (χ0) is 15.6. The molecule has 0 aliphatic heterocycles. The second-order valence-electron chi connectivity index (χ2n) is 7.21. The van der Waals surface area contributed by atoms with E-state index in [0.29, 0.717) is 6.42 Å². The van der Waals surface area contributed by atoms with Crippen molar-refractivity contribution in [2.45, 2.75) is 51.7 Å². The van der Waals surface area contributed by atoms with Crippen molar-refractivity contribution in [3.8, 4) is 0 Å². The fourth-order valence-corrected chi connectivity index (χ4v) is 3.88. The molecule has 0 radical (unpaired) electrons.